The second-order valence-electron chi connectivity index (χ2n) is 5.62. The van der Waals surface area contributed by atoms with Gasteiger partial charge in [-0.2, -0.15) is 0 Å². The van der Waals surface area contributed by atoms with E-state index < -0.39 is 0 Å². The quantitative estimate of drug-likeness (QED) is 0.929. The molecule has 1 aromatic heterocycles. The van der Waals surface area contributed by atoms with Gasteiger partial charge in [-0.05, 0) is 38.7 Å². The lowest BCUT2D eigenvalue weighted by Gasteiger charge is -2.40. The van der Waals surface area contributed by atoms with Crippen molar-refractivity contribution in [3.05, 3.63) is 23.0 Å². The molecule has 0 aromatic carbocycles. The lowest BCUT2D eigenvalue weighted by atomic mass is 9.96. The van der Waals surface area contributed by atoms with E-state index in [1.54, 1.807) is 6.07 Å². The summed E-state index contributed by atoms with van der Waals surface area (Å²) in [7, 11) is 0. The number of piperidine rings is 1. The summed E-state index contributed by atoms with van der Waals surface area (Å²) in [5, 5.41) is 0.621. The molecular formula is C15H24ClN3O. The summed E-state index contributed by atoms with van der Waals surface area (Å²) in [4.78, 5) is 14.8. The van der Waals surface area contributed by atoms with Crippen LogP contribution in [0.2, 0.25) is 5.02 Å². The van der Waals surface area contributed by atoms with E-state index in [0.717, 1.165) is 32.2 Å². The predicted molar refractivity (Wildman–Crippen MR) is 82.1 cm³/mol. The Labute approximate surface area is 125 Å². The van der Waals surface area contributed by atoms with Gasteiger partial charge in [0.05, 0.1) is 5.02 Å². The van der Waals surface area contributed by atoms with Gasteiger partial charge in [0.25, 0.3) is 5.91 Å². The molecule has 0 aliphatic carbocycles. The normalized spacial score (nSPS) is 23.1. The number of nitrogens with zero attached hydrogens (tertiary/aromatic N) is 2. The zero-order valence-electron chi connectivity index (χ0n) is 12.3. The van der Waals surface area contributed by atoms with Crippen molar-refractivity contribution >= 4 is 17.5 Å². The van der Waals surface area contributed by atoms with Gasteiger partial charge in [0.1, 0.15) is 5.69 Å². The topological polar surface area (TPSA) is 51.3 Å². The van der Waals surface area contributed by atoms with Gasteiger partial charge < -0.3 is 15.2 Å². The van der Waals surface area contributed by atoms with Crippen LogP contribution in [-0.2, 0) is 6.54 Å². The third-order valence-electron chi connectivity index (χ3n) is 4.08. The van der Waals surface area contributed by atoms with Gasteiger partial charge in [0, 0.05) is 31.4 Å². The second kappa shape index (κ2) is 6.64. The minimum atomic E-state index is 0.0630. The van der Waals surface area contributed by atoms with E-state index in [9.17, 15) is 4.79 Å². The Hall–Kier alpha value is -1.00. The second-order valence-corrected chi connectivity index (χ2v) is 6.06. The Morgan fingerprint density at radius 1 is 1.50 bits per heavy atom. The first kappa shape index (κ1) is 15.4. The average Bonchev–Trinajstić information content (AvgIpc) is 2.79. The fourth-order valence-electron chi connectivity index (χ4n) is 3.10. The number of hydrogen-bond donors (Lipinski definition) is 1. The van der Waals surface area contributed by atoms with Gasteiger partial charge >= 0.3 is 0 Å². The third-order valence-corrected chi connectivity index (χ3v) is 4.29. The first-order valence-electron chi connectivity index (χ1n) is 7.46. The van der Waals surface area contributed by atoms with Crippen LogP contribution in [0.1, 0.15) is 50.0 Å². The van der Waals surface area contributed by atoms with E-state index in [4.69, 9.17) is 17.3 Å². The highest BCUT2D eigenvalue weighted by Gasteiger charge is 2.32. The molecule has 2 atom stereocenters. The van der Waals surface area contributed by atoms with Crippen LogP contribution >= 0.6 is 11.6 Å². The van der Waals surface area contributed by atoms with Crippen LogP contribution in [-0.4, -0.2) is 34.0 Å². The smallest absolute Gasteiger partial charge is 0.271 e. The highest BCUT2D eigenvalue weighted by atomic mass is 35.5. The zero-order valence-corrected chi connectivity index (χ0v) is 13.1. The highest BCUT2D eigenvalue weighted by molar-refractivity contribution is 6.31. The maximum Gasteiger partial charge on any atom is 0.271 e. The van der Waals surface area contributed by atoms with Crippen LogP contribution in [0.4, 0.5) is 0 Å². The largest absolute Gasteiger partial charge is 0.342 e. The summed E-state index contributed by atoms with van der Waals surface area (Å²) >= 11 is 6.07. The maximum absolute atomic E-state index is 12.9. The third kappa shape index (κ3) is 3.01. The minimum absolute atomic E-state index is 0.0630. The van der Waals surface area contributed by atoms with Crippen molar-refractivity contribution in [1.29, 1.82) is 0 Å². The van der Waals surface area contributed by atoms with Gasteiger partial charge in [0.15, 0.2) is 0 Å². The molecule has 1 amide bonds. The molecule has 1 aromatic rings. The predicted octanol–water partition coefficient (Wildman–Crippen LogP) is 2.89. The summed E-state index contributed by atoms with van der Waals surface area (Å²) < 4.78 is 1.96. The van der Waals surface area contributed by atoms with Crippen molar-refractivity contribution in [2.45, 2.75) is 58.2 Å². The first-order chi connectivity index (χ1) is 9.58. The Kier molecular flexibility index (Phi) is 5.11. The van der Waals surface area contributed by atoms with Crippen molar-refractivity contribution in [2.75, 3.05) is 6.54 Å². The Morgan fingerprint density at radius 2 is 2.25 bits per heavy atom. The van der Waals surface area contributed by atoms with E-state index >= 15 is 0 Å². The number of carbonyl (C=O) groups is 1. The summed E-state index contributed by atoms with van der Waals surface area (Å²) in [6.07, 6.45) is 5.99. The number of aryl methyl sites for hydroxylation is 1. The molecule has 2 rings (SSSR count). The molecule has 112 valence electrons. The lowest BCUT2D eigenvalue weighted by Crippen LogP contribution is -2.52. The van der Waals surface area contributed by atoms with Crippen LogP contribution in [0.15, 0.2) is 12.3 Å². The molecule has 1 aliphatic rings. The molecule has 2 N–H and O–H groups in total. The molecule has 1 aliphatic heterocycles. The van der Waals surface area contributed by atoms with Crippen molar-refractivity contribution < 1.29 is 4.79 Å². The molecular weight excluding hydrogens is 274 g/mol. The number of carbonyl (C=O) groups excluding carboxylic acids is 1. The van der Waals surface area contributed by atoms with Crippen LogP contribution in [0.5, 0.6) is 0 Å². The monoisotopic (exact) mass is 297 g/mol. The molecule has 1 saturated heterocycles. The number of amides is 1. The van der Waals surface area contributed by atoms with Gasteiger partial charge in [0.2, 0.25) is 0 Å². The Balaban J connectivity index is 2.28. The van der Waals surface area contributed by atoms with Crippen LogP contribution in [0.3, 0.4) is 0 Å². The zero-order chi connectivity index (χ0) is 14.7. The van der Waals surface area contributed by atoms with Crippen molar-refractivity contribution in [3.63, 3.8) is 0 Å². The lowest BCUT2D eigenvalue weighted by molar-refractivity contribution is 0.0483. The summed E-state index contributed by atoms with van der Waals surface area (Å²) in [5.41, 5.74) is 6.53. The van der Waals surface area contributed by atoms with Crippen LogP contribution < -0.4 is 5.73 Å². The van der Waals surface area contributed by atoms with Gasteiger partial charge in [-0.1, -0.05) is 18.5 Å². The maximum atomic E-state index is 12.9. The van der Waals surface area contributed by atoms with Crippen molar-refractivity contribution in [2.24, 2.45) is 5.73 Å². The van der Waals surface area contributed by atoms with E-state index in [2.05, 4.69) is 13.8 Å². The summed E-state index contributed by atoms with van der Waals surface area (Å²) in [6, 6.07) is 2.16. The number of nitrogens with two attached hydrogens (primary N) is 1. The molecule has 20 heavy (non-hydrogen) atoms. The molecule has 4 nitrogen and oxygen atoms in total. The highest BCUT2D eigenvalue weighted by Crippen LogP contribution is 2.26. The molecule has 2 heterocycles. The summed E-state index contributed by atoms with van der Waals surface area (Å²) in [5.74, 6) is 0.0630. The standard InChI is InChI=1S/C15H24ClN3O/c1-3-7-18-10-12(16)8-14(18)15(20)19-11(2)5-4-6-13(19)9-17/h8,10-11,13H,3-7,9,17H2,1-2H3. The van der Waals surface area contributed by atoms with E-state index in [1.807, 2.05) is 15.7 Å². The van der Waals surface area contributed by atoms with Gasteiger partial charge in [-0.3, -0.25) is 4.79 Å². The van der Waals surface area contributed by atoms with Gasteiger partial charge in [-0.25, -0.2) is 0 Å². The molecule has 2 unspecified atom stereocenters. The van der Waals surface area contributed by atoms with E-state index in [0.29, 0.717) is 17.3 Å². The van der Waals surface area contributed by atoms with Crippen LogP contribution in [0.25, 0.3) is 0 Å². The molecule has 1 fully saturated rings. The molecule has 5 heteroatoms. The van der Waals surface area contributed by atoms with Crippen molar-refractivity contribution in [1.82, 2.24) is 9.47 Å². The molecule has 0 bridgehead atoms. The SMILES string of the molecule is CCCn1cc(Cl)cc1C(=O)N1C(C)CCCC1CN. The number of likely N-dealkylation sites (tertiary alicyclic amines) is 1. The molecule has 0 saturated carbocycles. The van der Waals surface area contributed by atoms with E-state index in [1.165, 1.54) is 0 Å². The minimum Gasteiger partial charge on any atom is -0.342 e. The average molecular weight is 298 g/mol. The number of hydrogen-bond acceptors (Lipinski definition) is 2. The first-order valence-corrected chi connectivity index (χ1v) is 7.84. The molecule has 0 spiro atoms. The number of halogens is 1. The van der Waals surface area contributed by atoms with Crippen LogP contribution in [0, 0.1) is 0 Å². The number of aromatic nitrogens is 1. The summed E-state index contributed by atoms with van der Waals surface area (Å²) in [6.45, 7) is 5.53. The Bertz CT molecular complexity index is 472. The fraction of sp³-hybridized carbons (Fsp3) is 0.667. The van der Waals surface area contributed by atoms with E-state index in [-0.39, 0.29) is 18.0 Å². The Morgan fingerprint density at radius 3 is 2.90 bits per heavy atom. The molecule has 0 radical (unpaired) electrons. The van der Waals surface area contributed by atoms with Crippen molar-refractivity contribution in [3.8, 4) is 0 Å². The fourth-order valence-corrected chi connectivity index (χ4v) is 3.32. The van der Waals surface area contributed by atoms with Gasteiger partial charge in [-0.15, -0.1) is 0 Å². The number of rotatable bonds is 4.